The summed E-state index contributed by atoms with van der Waals surface area (Å²) in [4.78, 5) is 7.18. The Labute approximate surface area is 130 Å². The van der Waals surface area contributed by atoms with E-state index in [0.29, 0.717) is 6.61 Å². The molecule has 0 saturated heterocycles. The number of methoxy groups -OCH3 is 1. The van der Waals surface area contributed by atoms with Crippen LogP contribution in [0, 0.1) is 0 Å². The highest BCUT2D eigenvalue weighted by molar-refractivity contribution is 9.10. The molecule has 19 heavy (non-hydrogen) atoms. The Morgan fingerprint density at radius 1 is 1.47 bits per heavy atom. The molecule has 0 unspecified atom stereocenters. The Hall–Kier alpha value is -0.270. The van der Waals surface area contributed by atoms with Gasteiger partial charge in [0.15, 0.2) is 0 Å². The van der Waals surface area contributed by atoms with Crippen molar-refractivity contribution in [2.24, 2.45) is 0 Å². The minimum absolute atomic E-state index is 0.576. The summed E-state index contributed by atoms with van der Waals surface area (Å²) in [6.07, 6.45) is 1.14. The van der Waals surface area contributed by atoms with Crippen molar-refractivity contribution in [3.63, 3.8) is 0 Å². The number of aromatic nitrogens is 1. The second-order valence-corrected chi connectivity index (χ2v) is 7.04. The molecule has 1 N–H and O–H groups in total. The maximum atomic E-state index is 5.24. The first kappa shape index (κ1) is 15.1. The average molecular weight is 361 g/mol. The first-order valence-electron chi connectivity index (χ1n) is 6.17. The van der Waals surface area contributed by atoms with Crippen molar-refractivity contribution in [3.8, 4) is 9.88 Å². The van der Waals surface area contributed by atoms with E-state index in [4.69, 9.17) is 9.72 Å². The van der Waals surface area contributed by atoms with Crippen LogP contribution in [0.4, 0.5) is 0 Å². The van der Waals surface area contributed by atoms with E-state index in [1.54, 1.807) is 29.8 Å². The Morgan fingerprint density at radius 2 is 2.32 bits per heavy atom. The van der Waals surface area contributed by atoms with E-state index in [-0.39, 0.29) is 0 Å². The molecule has 3 nitrogen and oxygen atoms in total. The maximum Gasteiger partial charge on any atom is 0.134 e. The lowest BCUT2D eigenvalue weighted by molar-refractivity contribution is 0.181. The van der Waals surface area contributed by atoms with Gasteiger partial charge in [-0.25, -0.2) is 4.98 Å². The summed E-state index contributed by atoms with van der Waals surface area (Å²) in [5, 5.41) is 6.59. The van der Waals surface area contributed by atoms with Crippen molar-refractivity contribution >= 4 is 38.6 Å². The van der Waals surface area contributed by atoms with Gasteiger partial charge in [0.05, 0.1) is 17.2 Å². The second-order valence-electron chi connectivity index (χ2n) is 4.13. The minimum atomic E-state index is 0.576. The summed E-state index contributed by atoms with van der Waals surface area (Å²) < 4.78 is 6.35. The van der Waals surface area contributed by atoms with Crippen molar-refractivity contribution in [2.45, 2.75) is 26.5 Å². The van der Waals surface area contributed by atoms with E-state index in [9.17, 15) is 0 Å². The molecule has 6 heteroatoms. The molecule has 0 aromatic carbocycles. The monoisotopic (exact) mass is 360 g/mol. The van der Waals surface area contributed by atoms with Gasteiger partial charge in [0.25, 0.3) is 0 Å². The molecule has 0 amide bonds. The van der Waals surface area contributed by atoms with Crippen LogP contribution in [0.25, 0.3) is 9.88 Å². The lowest BCUT2D eigenvalue weighted by Crippen LogP contribution is -2.14. The van der Waals surface area contributed by atoms with Crippen molar-refractivity contribution in [2.75, 3.05) is 13.7 Å². The number of nitrogens with one attached hydrogen (secondary N) is 1. The molecule has 2 heterocycles. The molecule has 104 valence electrons. The second kappa shape index (κ2) is 7.50. The predicted octanol–water partition coefficient (Wildman–Crippen LogP) is 4.28. The standard InChI is InChI=1S/C13H17BrN2OS2/c1-3-4-15-6-12-10(7-17-2)16-13(19-12)11-5-9(14)8-18-11/h5,8,15H,3-4,6-7H2,1-2H3. The van der Waals surface area contributed by atoms with E-state index in [0.717, 1.165) is 34.7 Å². The largest absolute Gasteiger partial charge is 0.378 e. The Morgan fingerprint density at radius 3 is 2.95 bits per heavy atom. The molecule has 0 spiro atoms. The van der Waals surface area contributed by atoms with E-state index in [1.165, 1.54) is 9.75 Å². The fourth-order valence-electron chi connectivity index (χ4n) is 1.68. The number of thiazole rings is 1. The lowest BCUT2D eigenvalue weighted by Gasteiger charge is -2.02. The zero-order valence-corrected chi connectivity index (χ0v) is 14.3. The summed E-state index contributed by atoms with van der Waals surface area (Å²) >= 11 is 6.95. The van der Waals surface area contributed by atoms with Crippen LogP contribution >= 0.6 is 38.6 Å². The van der Waals surface area contributed by atoms with Gasteiger partial charge in [-0.05, 0) is 35.0 Å². The molecule has 0 bridgehead atoms. The third-order valence-electron chi connectivity index (χ3n) is 2.55. The molecule has 0 aliphatic heterocycles. The summed E-state index contributed by atoms with van der Waals surface area (Å²) in [5.74, 6) is 0. The third-order valence-corrected chi connectivity index (χ3v) is 5.51. The third kappa shape index (κ3) is 4.10. The summed E-state index contributed by atoms with van der Waals surface area (Å²) in [6.45, 7) is 4.65. The zero-order chi connectivity index (χ0) is 13.7. The Balaban J connectivity index is 2.18. The molecule has 2 aromatic rings. The first-order valence-corrected chi connectivity index (χ1v) is 8.66. The smallest absolute Gasteiger partial charge is 0.134 e. The molecule has 0 aliphatic carbocycles. The molecular formula is C13H17BrN2OS2. The normalized spacial score (nSPS) is 11.1. The SMILES string of the molecule is CCCNCc1sc(-c2cc(Br)cs2)nc1COC. The molecule has 0 saturated carbocycles. The van der Waals surface area contributed by atoms with Gasteiger partial charge in [-0.1, -0.05) is 6.92 Å². The topological polar surface area (TPSA) is 34.2 Å². The Bertz CT molecular complexity index is 524. The molecule has 0 radical (unpaired) electrons. The Kier molecular flexibility index (Phi) is 5.97. The fraction of sp³-hybridized carbons (Fsp3) is 0.462. The predicted molar refractivity (Wildman–Crippen MR) is 85.8 cm³/mol. The van der Waals surface area contributed by atoms with Crippen LogP contribution in [0.2, 0.25) is 0 Å². The molecule has 2 rings (SSSR count). The molecule has 0 aliphatic rings. The van der Waals surface area contributed by atoms with Crippen LogP contribution in [-0.2, 0) is 17.9 Å². The maximum absolute atomic E-state index is 5.24. The van der Waals surface area contributed by atoms with Crippen LogP contribution < -0.4 is 5.32 Å². The van der Waals surface area contributed by atoms with Gasteiger partial charge in [-0.2, -0.15) is 0 Å². The van der Waals surface area contributed by atoms with E-state index < -0.39 is 0 Å². The lowest BCUT2D eigenvalue weighted by atomic mass is 10.3. The van der Waals surface area contributed by atoms with Crippen LogP contribution in [0.15, 0.2) is 15.9 Å². The zero-order valence-electron chi connectivity index (χ0n) is 11.0. The van der Waals surface area contributed by atoms with Gasteiger partial charge in [-0.3, -0.25) is 0 Å². The number of nitrogens with zero attached hydrogens (tertiary/aromatic N) is 1. The van der Waals surface area contributed by atoms with Crippen LogP contribution in [0.1, 0.15) is 23.9 Å². The highest BCUT2D eigenvalue weighted by atomic mass is 79.9. The fourth-order valence-corrected chi connectivity index (χ4v) is 4.20. The first-order chi connectivity index (χ1) is 9.24. The summed E-state index contributed by atoms with van der Waals surface area (Å²) in [7, 11) is 1.71. The van der Waals surface area contributed by atoms with Gasteiger partial charge < -0.3 is 10.1 Å². The van der Waals surface area contributed by atoms with Crippen LogP contribution in [-0.4, -0.2) is 18.6 Å². The van der Waals surface area contributed by atoms with Gasteiger partial charge >= 0.3 is 0 Å². The van der Waals surface area contributed by atoms with E-state index in [2.05, 4.69) is 39.6 Å². The summed E-state index contributed by atoms with van der Waals surface area (Å²) in [5.41, 5.74) is 1.05. The molecule has 0 fully saturated rings. The number of hydrogen-bond acceptors (Lipinski definition) is 5. The number of rotatable bonds is 7. The highest BCUT2D eigenvalue weighted by Gasteiger charge is 2.13. The van der Waals surface area contributed by atoms with Gasteiger partial charge in [-0.15, -0.1) is 22.7 Å². The van der Waals surface area contributed by atoms with Crippen LogP contribution in [0.5, 0.6) is 0 Å². The quantitative estimate of drug-likeness (QED) is 0.748. The number of ether oxygens (including phenoxy) is 1. The molecule has 0 atom stereocenters. The number of halogens is 1. The van der Waals surface area contributed by atoms with Gasteiger partial charge in [0.2, 0.25) is 0 Å². The van der Waals surface area contributed by atoms with E-state index in [1.807, 2.05) is 0 Å². The average Bonchev–Trinajstić information content (AvgIpc) is 2.97. The van der Waals surface area contributed by atoms with Crippen molar-refractivity contribution in [3.05, 3.63) is 26.5 Å². The van der Waals surface area contributed by atoms with Crippen molar-refractivity contribution in [1.29, 1.82) is 0 Å². The van der Waals surface area contributed by atoms with Crippen LogP contribution in [0.3, 0.4) is 0 Å². The van der Waals surface area contributed by atoms with E-state index >= 15 is 0 Å². The van der Waals surface area contributed by atoms with Gasteiger partial charge in [0, 0.05) is 28.4 Å². The molecule has 2 aromatic heterocycles. The number of hydrogen-bond donors (Lipinski definition) is 1. The highest BCUT2D eigenvalue weighted by Crippen LogP contribution is 2.34. The number of thiophene rings is 1. The van der Waals surface area contributed by atoms with Crippen molar-refractivity contribution < 1.29 is 4.74 Å². The molecular weight excluding hydrogens is 344 g/mol. The minimum Gasteiger partial charge on any atom is -0.378 e. The van der Waals surface area contributed by atoms with Crippen molar-refractivity contribution in [1.82, 2.24) is 10.3 Å². The summed E-state index contributed by atoms with van der Waals surface area (Å²) in [6, 6.07) is 2.11. The van der Waals surface area contributed by atoms with Gasteiger partial charge in [0.1, 0.15) is 5.01 Å².